The van der Waals surface area contributed by atoms with Crippen LogP contribution in [0, 0.1) is 5.92 Å². The number of Topliss-reactive ketones (excluding diaryl/α,β-unsaturated/α-hetero) is 1. The van der Waals surface area contributed by atoms with E-state index in [-0.39, 0.29) is 17.9 Å². The standard InChI is InChI=1S/C16H19NO2/c18-15-10-11-17(14-9-5-4-8-13(14)15)16(19)12-6-2-1-3-7-12/h1-3,6-7,13-14H,4-5,8-11H2/t13-,14+/m0/s1. The summed E-state index contributed by atoms with van der Waals surface area (Å²) in [5.41, 5.74) is 0.737. The number of fused-ring (bicyclic) bond motifs is 1. The van der Waals surface area contributed by atoms with Crippen molar-refractivity contribution in [3.8, 4) is 0 Å². The molecule has 0 N–H and O–H groups in total. The number of benzene rings is 1. The summed E-state index contributed by atoms with van der Waals surface area (Å²) >= 11 is 0. The molecule has 19 heavy (non-hydrogen) atoms. The second-order valence-corrected chi connectivity index (χ2v) is 5.54. The molecule has 0 unspecified atom stereocenters. The zero-order chi connectivity index (χ0) is 13.2. The lowest BCUT2D eigenvalue weighted by atomic mass is 9.77. The first-order chi connectivity index (χ1) is 9.27. The van der Waals surface area contributed by atoms with E-state index in [9.17, 15) is 9.59 Å². The second-order valence-electron chi connectivity index (χ2n) is 5.54. The number of rotatable bonds is 1. The summed E-state index contributed by atoms with van der Waals surface area (Å²) in [4.78, 5) is 26.5. The number of piperidine rings is 1. The van der Waals surface area contributed by atoms with Crippen molar-refractivity contribution in [2.24, 2.45) is 5.92 Å². The summed E-state index contributed by atoms with van der Waals surface area (Å²) in [6.45, 7) is 0.591. The van der Waals surface area contributed by atoms with Crippen LogP contribution in [0.5, 0.6) is 0 Å². The molecule has 1 aromatic rings. The Labute approximate surface area is 113 Å². The van der Waals surface area contributed by atoms with Gasteiger partial charge in [-0.15, -0.1) is 0 Å². The summed E-state index contributed by atoms with van der Waals surface area (Å²) in [6, 6.07) is 9.55. The van der Waals surface area contributed by atoms with Crippen molar-refractivity contribution in [2.75, 3.05) is 6.54 Å². The van der Waals surface area contributed by atoms with Crippen molar-refractivity contribution in [1.29, 1.82) is 0 Å². The van der Waals surface area contributed by atoms with Gasteiger partial charge in [0, 0.05) is 30.5 Å². The lowest BCUT2D eigenvalue weighted by molar-refractivity contribution is -0.129. The van der Waals surface area contributed by atoms with Crippen LogP contribution in [0.15, 0.2) is 30.3 Å². The number of amides is 1. The quantitative estimate of drug-likeness (QED) is 0.775. The highest BCUT2D eigenvalue weighted by Gasteiger charge is 2.40. The van der Waals surface area contributed by atoms with E-state index in [4.69, 9.17) is 0 Å². The Morgan fingerprint density at radius 2 is 1.84 bits per heavy atom. The molecule has 0 radical (unpaired) electrons. The minimum Gasteiger partial charge on any atom is -0.334 e. The molecule has 1 heterocycles. The maximum atomic E-state index is 12.6. The summed E-state index contributed by atoms with van der Waals surface area (Å²) in [6.07, 6.45) is 4.73. The van der Waals surface area contributed by atoms with E-state index in [2.05, 4.69) is 0 Å². The van der Waals surface area contributed by atoms with E-state index in [1.807, 2.05) is 35.2 Å². The van der Waals surface area contributed by atoms with Crippen molar-refractivity contribution in [1.82, 2.24) is 4.90 Å². The zero-order valence-corrected chi connectivity index (χ0v) is 11.0. The minimum absolute atomic E-state index is 0.0880. The molecule has 3 nitrogen and oxygen atoms in total. The van der Waals surface area contributed by atoms with E-state index in [1.165, 1.54) is 0 Å². The van der Waals surface area contributed by atoms with Crippen LogP contribution in [-0.4, -0.2) is 29.2 Å². The van der Waals surface area contributed by atoms with Crippen LogP contribution in [0.2, 0.25) is 0 Å². The maximum absolute atomic E-state index is 12.6. The van der Waals surface area contributed by atoms with Crippen molar-refractivity contribution < 1.29 is 9.59 Å². The van der Waals surface area contributed by atoms with Gasteiger partial charge in [0.15, 0.2) is 0 Å². The first-order valence-corrected chi connectivity index (χ1v) is 7.16. The normalized spacial score (nSPS) is 26.9. The average molecular weight is 257 g/mol. The molecule has 2 atom stereocenters. The highest BCUT2D eigenvalue weighted by molar-refractivity contribution is 5.96. The van der Waals surface area contributed by atoms with E-state index in [0.717, 1.165) is 31.2 Å². The molecule has 2 fully saturated rings. The molecule has 1 aliphatic carbocycles. The van der Waals surface area contributed by atoms with Crippen LogP contribution in [0.1, 0.15) is 42.5 Å². The molecule has 0 spiro atoms. The number of carbonyl (C=O) groups excluding carboxylic acids is 2. The Hall–Kier alpha value is -1.64. The molecule has 1 amide bonds. The summed E-state index contributed by atoms with van der Waals surface area (Å²) < 4.78 is 0. The molecule has 0 aromatic heterocycles. The lowest BCUT2D eigenvalue weighted by Crippen LogP contribution is -2.53. The zero-order valence-electron chi connectivity index (χ0n) is 11.0. The van der Waals surface area contributed by atoms with Gasteiger partial charge in [-0.05, 0) is 25.0 Å². The van der Waals surface area contributed by atoms with Crippen molar-refractivity contribution in [3.05, 3.63) is 35.9 Å². The molecular formula is C16H19NO2. The third-order valence-electron chi connectivity index (χ3n) is 4.42. The Morgan fingerprint density at radius 3 is 2.63 bits per heavy atom. The van der Waals surface area contributed by atoms with Gasteiger partial charge in [-0.1, -0.05) is 31.0 Å². The molecule has 3 heteroatoms. The first-order valence-electron chi connectivity index (χ1n) is 7.16. The monoisotopic (exact) mass is 257 g/mol. The molecular weight excluding hydrogens is 238 g/mol. The van der Waals surface area contributed by atoms with Gasteiger partial charge in [-0.3, -0.25) is 9.59 Å². The van der Waals surface area contributed by atoms with E-state index >= 15 is 0 Å². The van der Waals surface area contributed by atoms with Crippen LogP contribution >= 0.6 is 0 Å². The fourth-order valence-electron chi connectivity index (χ4n) is 3.44. The Kier molecular flexibility index (Phi) is 3.36. The van der Waals surface area contributed by atoms with Crippen molar-refractivity contribution in [3.63, 3.8) is 0 Å². The number of nitrogens with zero attached hydrogens (tertiary/aromatic N) is 1. The third kappa shape index (κ3) is 2.29. The van der Waals surface area contributed by atoms with Gasteiger partial charge < -0.3 is 4.90 Å². The Balaban J connectivity index is 1.84. The van der Waals surface area contributed by atoms with Gasteiger partial charge in [0.1, 0.15) is 5.78 Å². The largest absolute Gasteiger partial charge is 0.334 e. The van der Waals surface area contributed by atoms with Crippen LogP contribution in [0.25, 0.3) is 0 Å². The molecule has 2 aliphatic rings. The van der Waals surface area contributed by atoms with Gasteiger partial charge in [-0.25, -0.2) is 0 Å². The summed E-state index contributed by atoms with van der Waals surface area (Å²) in [7, 11) is 0. The Morgan fingerprint density at radius 1 is 1.11 bits per heavy atom. The van der Waals surface area contributed by atoms with Crippen LogP contribution in [-0.2, 0) is 4.79 Å². The fraction of sp³-hybridized carbons (Fsp3) is 0.500. The molecule has 3 rings (SSSR count). The van der Waals surface area contributed by atoms with E-state index in [1.54, 1.807) is 0 Å². The number of likely N-dealkylation sites (tertiary alicyclic amines) is 1. The molecule has 1 saturated heterocycles. The lowest BCUT2D eigenvalue weighted by Gasteiger charge is -2.43. The maximum Gasteiger partial charge on any atom is 0.254 e. The number of hydrogen-bond donors (Lipinski definition) is 0. The predicted octanol–water partition coefficient (Wildman–Crippen LogP) is 2.66. The van der Waals surface area contributed by atoms with Crippen LogP contribution in [0.4, 0.5) is 0 Å². The second kappa shape index (κ2) is 5.16. The van der Waals surface area contributed by atoms with Crippen molar-refractivity contribution >= 4 is 11.7 Å². The smallest absolute Gasteiger partial charge is 0.254 e. The average Bonchev–Trinajstić information content (AvgIpc) is 2.48. The highest BCUT2D eigenvalue weighted by atomic mass is 16.2. The highest BCUT2D eigenvalue weighted by Crippen LogP contribution is 2.34. The first kappa shape index (κ1) is 12.4. The predicted molar refractivity (Wildman–Crippen MR) is 72.8 cm³/mol. The van der Waals surface area contributed by atoms with Crippen molar-refractivity contribution in [2.45, 2.75) is 38.1 Å². The molecule has 1 aliphatic heterocycles. The van der Waals surface area contributed by atoms with Gasteiger partial charge in [0.25, 0.3) is 5.91 Å². The van der Waals surface area contributed by atoms with Crippen LogP contribution in [0.3, 0.4) is 0 Å². The van der Waals surface area contributed by atoms with Gasteiger partial charge in [-0.2, -0.15) is 0 Å². The number of carbonyl (C=O) groups is 2. The minimum atomic E-state index is 0.0880. The van der Waals surface area contributed by atoms with Gasteiger partial charge in [0.05, 0.1) is 0 Å². The topological polar surface area (TPSA) is 37.4 Å². The summed E-state index contributed by atoms with van der Waals surface area (Å²) in [5, 5.41) is 0. The molecule has 1 saturated carbocycles. The van der Waals surface area contributed by atoms with E-state index in [0.29, 0.717) is 18.7 Å². The van der Waals surface area contributed by atoms with Gasteiger partial charge in [0.2, 0.25) is 0 Å². The van der Waals surface area contributed by atoms with E-state index < -0.39 is 0 Å². The SMILES string of the molecule is O=C1CCN(C(=O)c2ccccc2)[C@@H]2CCCC[C@H]12. The number of hydrogen-bond acceptors (Lipinski definition) is 2. The molecule has 100 valence electrons. The van der Waals surface area contributed by atoms with Crippen LogP contribution < -0.4 is 0 Å². The Bertz CT molecular complexity index is 483. The fourth-order valence-corrected chi connectivity index (χ4v) is 3.44. The molecule has 1 aromatic carbocycles. The van der Waals surface area contributed by atoms with Gasteiger partial charge >= 0.3 is 0 Å². The molecule has 0 bridgehead atoms. The number of ketones is 1. The third-order valence-corrected chi connectivity index (χ3v) is 4.42. The summed E-state index contributed by atoms with van der Waals surface area (Å²) in [5.74, 6) is 0.543.